The summed E-state index contributed by atoms with van der Waals surface area (Å²) in [4.78, 5) is 0. The first kappa shape index (κ1) is 16.8. The molecule has 0 bridgehead atoms. The number of anilines is 1. The van der Waals surface area contributed by atoms with Crippen molar-refractivity contribution >= 4 is 16.0 Å². The van der Waals surface area contributed by atoms with Crippen molar-refractivity contribution in [3.05, 3.63) is 66.0 Å². The molecule has 0 atom stereocenters. The van der Waals surface area contributed by atoms with Crippen molar-refractivity contribution in [2.24, 2.45) is 0 Å². The van der Waals surface area contributed by atoms with E-state index in [9.17, 15) is 17.9 Å². The smallest absolute Gasteiger partial charge is 0.313 e. The summed E-state index contributed by atoms with van der Waals surface area (Å²) in [6, 6.07) is 13.9. The monoisotopic (exact) mass is 363 g/mol. The molecular formula is C17H14FNO5S. The summed E-state index contributed by atoms with van der Waals surface area (Å²) in [6.45, 7) is 0. The van der Waals surface area contributed by atoms with Crippen LogP contribution in [0.2, 0.25) is 0 Å². The number of nitrogens with two attached hydrogens (primary N) is 1. The van der Waals surface area contributed by atoms with Gasteiger partial charge in [0.25, 0.3) is 0 Å². The fraction of sp³-hybridized carbons (Fsp3) is 0.0588. The highest BCUT2D eigenvalue weighted by Gasteiger charge is 2.27. The van der Waals surface area contributed by atoms with Gasteiger partial charge in [-0.3, -0.25) is 0 Å². The van der Waals surface area contributed by atoms with Crippen LogP contribution >= 0.6 is 0 Å². The van der Waals surface area contributed by atoms with Crippen LogP contribution in [-0.4, -0.2) is 13.5 Å². The number of benzene rings is 2. The maximum atomic E-state index is 13.9. The largest absolute Gasteiger partial charge is 0.501 e. The number of nitrogen functional groups attached to an aromatic ring is 1. The molecule has 0 aliphatic heterocycles. The van der Waals surface area contributed by atoms with E-state index < -0.39 is 39.1 Å². The van der Waals surface area contributed by atoms with Crippen LogP contribution in [0.5, 0.6) is 11.5 Å². The fourth-order valence-corrected chi connectivity index (χ4v) is 3.34. The third kappa shape index (κ3) is 3.58. The number of halogens is 1. The zero-order chi connectivity index (χ0) is 18.0. The Morgan fingerprint density at radius 2 is 1.72 bits per heavy atom. The van der Waals surface area contributed by atoms with Crippen LogP contribution in [0.25, 0.3) is 11.3 Å². The number of rotatable bonds is 5. The highest BCUT2D eigenvalue weighted by Crippen LogP contribution is 2.45. The van der Waals surface area contributed by atoms with Crippen LogP contribution in [0.3, 0.4) is 0 Å². The third-order valence-corrected chi connectivity index (χ3v) is 4.49. The topological polar surface area (TPSA) is 103 Å². The number of hydrogen-bond acceptors (Lipinski definition) is 6. The molecule has 3 aromatic rings. The SMILES string of the molecule is Nc1oc(-c2ccccc2F)c(O)c1OS(=O)(=O)Cc1ccccc1. The molecule has 3 rings (SSSR count). The Balaban J connectivity index is 1.92. The van der Waals surface area contributed by atoms with Gasteiger partial charge in [0.05, 0.1) is 5.56 Å². The molecule has 0 saturated carbocycles. The zero-order valence-electron chi connectivity index (χ0n) is 12.8. The van der Waals surface area contributed by atoms with Crippen LogP contribution in [0.1, 0.15) is 5.56 Å². The van der Waals surface area contributed by atoms with Gasteiger partial charge < -0.3 is 19.4 Å². The molecule has 3 N–H and O–H groups in total. The Morgan fingerprint density at radius 1 is 1.08 bits per heavy atom. The van der Waals surface area contributed by atoms with Crippen molar-refractivity contribution in [3.8, 4) is 22.8 Å². The van der Waals surface area contributed by atoms with Gasteiger partial charge in [-0.15, -0.1) is 0 Å². The van der Waals surface area contributed by atoms with E-state index in [1.165, 1.54) is 24.3 Å². The quantitative estimate of drug-likeness (QED) is 0.675. The average Bonchev–Trinajstić information content (AvgIpc) is 2.83. The van der Waals surface area contributed by atoms with Crippen LogP contribution in [0, 0.1) is 5.82 Å². The molecule has 130 valence electrons. The minimum Gasteiger partial charge on any atom is -0.501 e. The summed E-state index contributed by atoms with van der Waals surface area (Å²) in [5.41, 5.74) is 6.02. The maximum absolute atomic E-state index is 13.9. The highest BCUT2D eigenvalue weighted by molar-refractivity contribution is 7.86. The molecule has 2 aromatic carbocycles. The normalized spacial score (nSPS) is 11.4. The van der Waals surface area contributed by atoms with E-state index >= 15 is 0 Å². The molecule has 0 fully saturated rings. The first-order valence-electron chi connectivity index (χ1n) is 7.19. The fourth-order valence-electron chi connectivity index (χ4n) is 2.27. The van der Waals surface area contributed by atoms with E-state index in [2.05, 4.69) is 0 Å². The minimum absolute atomic E-state index is 0.0676. The molecule has 0 aliphatic rings. The predicted octanol–water partition coefficient (Wildman–Crippen LogP) is 3.28. The standard InChI is InChI=1S/C17H14FNO5S/c18-13-9-5-4-8-12(13)15-14(20)16(17(19)23-15)24-25(21,22)10-11-6-2-1-3-7-11/h1-9,20H,10,19H2. The van der Waals surface area contributed by atoms with Crippen molar-refractivity contribution in [1.82, 2.24) is 0 Å². The van der Waals surface area contributed by atoms with Crippen molar-refractivity contribution in [2.45, 2.75) is 5.75 Å². The molecule has 0 radical (unpaired) electrons. The van der Waals surface area contributed by atoms with E-state index in [1.807, 2.05) is 0 Å². The van der Waals surface area contributed by atoms with Gasteiger partial charge in [0.1, 0.15) is 11.6 Å². The number of furan rings is 1. The highest BCUT2D eigenvalue weighted by atomic mass is 32.2. The Bertz CT molecular complexity index is 999. The summed E-state index contributed by atoms with van der Waals surface area (Å²) in [5.74, 6) is -3.10. The molecule has 0 spiro atoms. The molecule has 25 heavy (non-hydrogen) atoms. The minimum atomic E-state index is -4.11. The van der Waals surface area contributed by atoms with Gasteiger partial charge in [-0.05, 0) is 17.7 Å². The van der Waals surface area contributed by atoms with E-state index in [0.717, 1.165) is 0 Å². The van der Waals surface area contributed by atoms with Crippen LogP contribution in [-0.2, 0) is 15.9 Å². The summed E-state index contributed by atoms with van der Waals surface area (Å²) >= 11 is 0. The molecule has 0 aliphatic carbocycles. The zero-order valence-corrected chi connectivity index (χ0v) is 13.7. The van der Waals surface area contributed by atoms with Gasteiger partial charge in [0, 0.05) is 0 Å². The van der Waals surface area contributed by atoms with Crippen molar-refractivity contribution < 1.29 is 26.5 Å². The Hall–Kier alpha value is -3.00. The maximum Gasteiger partial charge on any atom is 0.313 e. The molecular weight excluding hydrogens is 349 g/mol. The molecule has 6 nitrogen and oxygen atoms in total. The first-order valence-corrected chi connectivity index (χ1v) is 8.77. The summed E-state index contributed by atoms with van der Waals surface area (Å²) in [5, 5.41) is 10.2. The Labute approximate surface area is 143 Å². The second-order valence-corrected chi connectivity index (χ2v) is 6.79. The van der Waals surface area contributed by atoms with E-state index in [-0.39, 0.29) is 11.3 Å². The first-order chi connectivity index (χ1) is 11.9. The van der Waals surface area contributed by atoms with Gasteiger partial charge in [0.2, 0.25) is 17.4 Å². The summed E-state index contributed by atoms with van der Waals surface area (Å²) < 4.78 is 48.2. The number of hydrogen-bond donors (Lipinski definition) is 2. The summed E-state index contributed by atoms with van der Waals surface area (Å²) in [7, 11) is -4.11. The van der Waals surface area contributed by atoms with Crippen LogP contribution < -0.4 is 9.92 Å². The van der Waals surface area contributed by atoms with Gasteiger partial charge in [-0.2, -0.15) is 8.42 Å². The lowest BCUT2D eigenvalue weighted by molar-refractivity contribution is 0.432. The molecule has 0 unspecified atom stereocenters. The van der Waals surface area contributed by atoms with E-state index in [0.29, 0.717) is 5.56 Å². The van der Waals surface area contributed by atoms with Crippen LogP contribution in [0.15, 0.2) is 59.0 Å². The van der Waals surface area contributed by atoms with Gasteiger partial charge in [0.15, 0.2) is 5.76 Å². The third-order valence-electron chi connectivity index (χ3n) is 3.38. The molecule has 1 aromatic heterocycles. The van der Waals surface area contributed by atoms with Crippen molar-refractivity contribution in [1.29, 1.82) is 0 Å². The van der Waals surface area contributed by atoms with Crippen LogP contribution in [0.4, 0.5) is 10.3 Å². The van der Waals surface area contributed by atoms with Crippen molar-refractivity contribution in [3.63, 3.8) is 0 Å². The molecule has 1 heterocycles. The van der Waals surface area contributed by atoms with E-state index in [4.69, 9.17) is 14.3 Å². The average molecular weight is 363 g/mol. The predicted molar refractivity (Wildman–Crippen MR) is 89.9 cm³/mol. The second kappa shape index (κ2) is 6.48. The molecule has 8 heteroatoms. The summed E-state index contributed by atoms with van der Waals surface area (Å²) in [6.07, 6.45) is 0. The lowest BCUT2D eigenvalue weighted by Crippen LogP contribution is -2.12. The lowest BCUT2D eigenvalue weighted by atomic mass is 10.1. The Morgan fingerprint density at radius 3 is 2.40 bits per heavy atom. The van der Waals surface area contributed by atoms with E-state index in [1.54, 1.807) is 30.3 Å². The van der Waals surface area contributed by atoms with Gasteiger partial charge >= 0.3 is 10.1 Å². The van der Waals surface area contributed by atoms with Crippen molar-refractivity contribution in [2.75, 3.05) is 5.73 Å². The van der Waals surface area contributed by atoms with Gasteiger partial charge in [-0.1, -0.05) is 42.5 Å². The van der Waals surface area contributed by atoms with Gasteiger partial charge in [-0.25, -0.2) is 4.39 Å². The Kier molecular flexibility index (Phi) is 4.37. The number of aromatic hydroxyl groups is 1. The second-order valence-electron chi connectivity index (χ2n) is 5.22. The molecule has 0 amide bonds. The lowest BCUT2D eigenvalue weighted by Gasteiger charge is -2.06. The molecule has 0 saturated heterocycles.